The summed E-state index contributed by atoms with van der Waals surface area (Å²) >= 11 is 0. The molecule has 0 fully saturated rings. The lowest BCUT2D eigenvalue weighted by molar-refractivity contribution is 0.0950. The average molecular weight is 262 g/mol. The number of nitrogens with one attached hydrogen (secondary N) is 1. The van der Waals surface area contributed by atoms with E-state index in [1.54, 1.807) is 18.2 Å². The summed E-state index contributed by atoms with van der Waals surface area (Å²) in [5, 5.41) is 2.55. The normalized spacial score (nSPS) is 10.2. The summed E-state index contributed by atoms with van der Waals surface area (Å²) in [6, 6.07) is 9.67. The Kier molecular flexibility index (Phi) is 3.75. The van der Waals surface area contributed by atoms with Crippen LogP contribution >= 0.6 is 0 Å². The summed E-state index contributed by atoms with van der Waals surface area (Å²) in [6.07, 6.45) is 0. The van der Waals surface area contributed by atoms with Crippen LogP contribution in [0.5, 0.6) is 0 Å². The van der Waals surface area contributed by atoms with E-state index in [9.17, 15) is 13.6 Å². The first kappa shape index (κ1) is 13.0. The molecule has 0 aliphatic rings. The fourth-order valence-electron chi connectivity index (χ4n) is 1.62. The topological polar surface area (TPSA) is 55.1 Å². The zero-order chi connectivity index (χ0) is 13.8. The molecular formula is C14H12F2N2O. The largest absolute Gasteiger partial charge is 0.399 e. The maximum Gasteiger partial charge on any atom is 0.251 e. The molecule has 98 valence electrons. The molecule has 0 saturated carbocycles. The van der Waals surface area contributed by atoms with E-state index in [0.717, 1.165) is 12.1 Å². The Bertz CT molecular complexity index is 614. The molecule has 2 aromatic carbocycles. The van der Waals surface area contributed by atoms with Crippen LogP contribution in [-0.4, -0.2) is 5.91 Å². The maximum atomic E-state index is 13.4. The van der Waals surface area contributed by atoms with Crippen LogP contribution in [0.2, 0.25) is 0 Å². The van der Waals surface area contributed by atoms with E-state index in [1.807, 2.05) is 0 Å². The van der Waals surface area contributed by atoms with Gasteiger partial charge in [0.15, 0.2) is 0 Å². The number of rotatable bonds is 3. The summed E-state index contributed by atoms with van der Waals surface area (Å²) in [5.41, 5.74) is 6.65. The number of amides is 1. The van der Waals surface area contributed by atoms with Crippen LogP contribution in [0.4, 0.5) is 14.5 Å². The van der Waals surface area contributed by atoms with Crippen LogP contribution in [0.15, 0.2) is 42.5 Å². The first-order valence-corrected chi connectivity index (χ1v) is 5.64. The molecule has 0 atom stereocenters. The van der Waals surface area contributed by atoms with Gasteiger partial charge in [-0.05, 0) is 24.3 Å². The van der Waals surface area contributed by atoms with E-state index in [-0.39, 0.29) is 18.0 Å². The molecular weight excluding hydrogens is 250 g/mol. The van der Waals surface area contributed by atoms with E-state index in [0.29, 0.717) is 11.3 Å². The van der Waals surface area contributed by atoms with Crippen molar-refractivity contribution < 1.29 is 13.6 Å². The Morgan fingerprint density at radius 2 is 1.95 bits per heavy atom. The van der Waals surface area contributed by atoms with Crippen LogP contribution in [0.25, 0.3) is 0 Å². The van der Waals surface area contributed by atoms with Crippen LogP contribution < -0.4 is 11.1 Å². The average Bonchev–Trinajstić information content (AvgIpc) is 2.37. The van der Waals surface area contributed by atoms with Gasteiger partial charge in [-0.15, -0.1) is 0 Å². The summed E-state index contributed by atoms with van der Waals surface area (Å²) in [6.45, 7) is -0.0141. The minimum Gasteiger partial charge on any atom is -0.399 e. The molecule has 5 heteroatoms. The number of hydrogen-bond acceptors (Lipinski definition) is 2. The van der Waals surface area contributed by atoms with Gasteiger partial charge in [-0.3, -0.25) is 4.79 Å². The molecule has 0 aliphatic heterocycles. The van der Waals surface area contributed by atoms with Gasteiger partial charge in [0.25, 0.3) is 5.91 Å². The molecule has 1 amide bonds. The van der Waals surface area contributed by atoms with Crippen molar-refractivity contribution in [3.8, 4) is 0 Å². The molecule has 3 N–H and O–H groups in total. The van der Waals surface area contributed by atoms with Crippen molar-refractivity contribution in [3.05, 3.63) is 65.2 Å². The lowest BCUT2D eigenvalue weighted by atomic mass is 10.1. The lowest BCUT2D eigenvalue weighted by Crippen LogP contribution is -2.23. The third kappa shape index (κ3) is 3.28. The first-order valence-electron chi connectivity index (χ1n) is 5.64. The van der Waals surface area contributed by atoms with Gasteiger partial charge in [0.2, 0.25) is 0 Å². The smallest absolute Gasteiger partial charge is 0.251 e. The highest BCUT2D eigenvalue weighted by Gasteiger charge is 2.08. The van der Waals surface area contributed by atoms with Gasteiger partial charge in [0.05, 0.1) is 0 Å². The number of anilines is 1. The number of carbonyl (C=O) groups excluding carboxylic acids is 1. The van der Waals surface area contributed by atoms with Crippen LogP contribution in [0, 0.1) is 11.6 Å². The molecule has 0 aromatic heterocycles. The summed E-state index contributed by atoms with van der Waals surface area (Å²) in [7, 11) is 0. The molecule has 3 nitrogen and oxygen atoms in total. The van der Waals surface area contributed by atoms with Crippen molar-refractivity contribution in [3.63, 3.8) is 0 Å². The van der Waals surface area contributed by atoms with Crippen molar-refractivity contribution in [1.29, 1.82) is 0 Å². The highest BCUT2D eigenvalue weighted by molar-refractivity contribution is 5.94. The zero-order valence-electron chi connectivity index (χ0n) is 9.99. The molecule has 2 aromatic rings. The van der Waals surface area contributed by atoms with Gasteiger partial charge in [-0.2, -0.15) is 0 Å². The van der Waals surface area contributed by atoms with Crippen LogP contribution in [0.1, 0.15) is 15.9 Å². The maximum absolute atomic E-state index is 13.4. The Balaban J connectivity index is 2.04. The van der Waals surface area contributed by atoms with Crippen molar-refractivity contribution >= 4 is 11.6 Å². The van der Waals surface area contributed by atoms with E-state index in [2.05, 4.69) is 5.32 Å². The van der Waals surface area contributed by atoms with E-state index in [1.165, 1.54) is 12.1 Å². The van der Waals surface area contributed by atoms with Crippen molar-refractivity contribution in [2.24, 2.45) is 0 Å². The monoisotopic (exact) mass is 262 g/mol. The highest BCUT2D eigenvalue weighted by atomic mass is 19.1. The molecule has 0 unspecified atom stereocenters. The number of hydrogen-bond donors (Lipinski definition) is 2. The second kappa shape index (κ2) is 5.48. The van der Waals surface area contributed by atoms with Crippen molar-refractivity contribution in [1.82, 2.24) is 5.32 Å². The summed E-state index contributed by atoms with van der Waals surface area (Å²) in [5.74, 6) is -1.70. The van der Waals surface area contributed by atoms with Crippen molar-refractivity contribution in [2.75, 3.05) is 5.73 Å². The Labute approximate surface area is 109 Å². The minimum atomic E-state index is -0.687. The van der Waals surface area contributed by atoms with Crippen molar-refractivity contribution in [2.45, 2.75) is 6.54 Å². The Morgan fingerprint density at radius 1 is 1.16 bits per heavy atom. The third-order valence-corrected chi connectivity index (χ3v) is 2.60. The predicted molar refractivity (Wildman–Crippen MR) is 68.4 cm³/mol. The molecule has 0 saturated heterocycles. The highest BCUT2D eigenvalue weighted by Crippen LogP contribution is 2.10. The number of nitrogens with two attached hydrogens (primary N) is 1. The van der Waals surface area contributed by atoms with Gasteiger partial charge in [-0.25, -0.2) is 8.78 Å². The number of halogens is 2. The molecule has 19 heavy (non-hydrogen) atoms. The fraction of sp³-hybridized carbons (Fsp3) is 0.0714. The quantitative estimate of drug-likeness (QED) is 0.835. The van der Waals surface area contributed by atoms with E-state index in [4.69, 9.17) is 5.73 Å². The molecule has 2 rings (SSSR count). The standard InChI is InChI=1S/C14H12F2N2O/c15-11-5-4-10(13(16)7-11)8-18-14(19)9-2-1-3-12(17)6-9/h1-7H,8,17H2,(H,18,19). The summed E-state index contributed by atoms with van der Waals surface area (Å²) < 4.78 is 26.1. The fourth-order valence-corrected chi connectivity index (χ4v) is 1.62. The van der Waals surface area contributed by atoms with Crippen LogP contribution in [0.3, 0.4) is 0 Å². The Hall–Kier alpha value is -2.43. The number of benzene rings is 2. The lowest BCUT2D eigenvalue weighted by Gasteiger charge is -2.07. The minimum absolute atomic E-state index is 0.0141. The van der Waals surface area contributed by atoms with Gasteiger partial charge in [0.1, 0.15) is 11.6 Å². The molecule has 0 heterocycles. The zero-order valence-corrected chi connectivity index (χ0v) is 9.99. The first-order chi connectivity index (χ1) is 9.06. The predicted octanol–water partition coefficient (Wildman–Crippen LogP) is 2.48. The number of nitrogen functional groups attached to an aromatic ring is 1. The second-order valence-electron chi connectivity index (χ2n) is 4.04. The van der Waals surface area contributed by atoms with Gasteiger partial charge in [0, 0.05) is 29.4 Å². The number of carbonyl (C=O) groups is 1. The van der Waals surface area contributed by atoms with E-state index >= 15 is 0 Å². The third-order valence-electron chi connectivity index (χ3n) is 2.60. The second-order valence-corrected chi connectivity index (χ2v) is 4.04. The van der Waals surface area contributed by atoms with Gasteiger partial charge in [-0.1, -0.05) is 12.1 Å². The van der Waals surface area contributed by atoms with Gasteiger partial charge >= 0.3 is 0 Å². The molecule has 0 bridgehead atoms. The van der Waals surface area contributed by atoms with E-state index < -0.39 is 11.6 Å². The summed E-state index contributed by atoms with van der Waals surface area (Å²) in [4.78, 5) is 11.8. The molecule has 0 spiro atoms. The van der Waals surface area contributed by atoms with Gasteiger partial charge < -0.3 is 11.1 Å². The SMILES string of the molecule is Nc1cccc(C(=O)NCc2ccc(F)cc2F)c1. The molecule has 0 radical (unpaired) electrons. The molecule has 0 aliphatic carbocycles. The van der Waals surface area contributed by atoms with Crippen LogP contribution in [-0.2, 0) is 6.54 Å². The Morgan fingerprint density at radius 3 is 2.63 bits per heavy atom.